The van der Waals surface area contributed by atoms with Crippen molar-refractivity contribution in [2.24, 2.45) is 0 Å². The van der Waals surface area contributed by atoms with Crippen LogP contribution in [0.1, 0.15) is 30.5 Å². The Kier molecular flexibility index (Phi) is 6.49. The van der Waals surface area contributed by atoms with E-state index in [0.29, 0.717) is 19.5 Å². The maximum absolute atomic E-state index is 13.2. The van der Waals surface area contributed by atoms with Crippen molar-refractivity contribution in [3.05, 3.63) is 71.7 Å². The summed E-state index contributed by atoms with van der Waals surface area (Å²) in [6.07, 6.45) is 2.57. The highest BCUT2D eigenvalue weighted by atomic mass is 19.1. The van der Waals surface area contributed by atoms with Crippen LogP contribution in [0.4, 0.5) is 4.39 Å². The number of likely N-dealkylation sites (tertiary alicyclic amines) is 1. The molecule has 4 rings (SSSR count). The van der Waals surface area contributed by atoms with E-state index in [9.17, 15) is 9.18 Å². The fraction of sp³-hybridized carbons (Fsp3) is 0.348. The maximum atomic E-state index is 13.2. The van der Waals surface area contributed by atoms with E-state index >= 15 is 0 Å². The van der Waals surface area contributed by atoms with Crippen LogP contribution in [0, 0.1) is 5.82 Å². The maximum Gasteiger partial charge on any atom is 0.222 e. The van der Waals surface area contributed by atoms with Crippen molar-refractivity contribution in [3.63, 3.8) is 0 Å². The van der Waals surface area contributed by atoms with Gasteiger partial charge >= 0.3 is 0 Å². The van der Waals surface area contributed by atoms with Gasteiger partial charge in [0.15, 0.2) is 0 Å². The number of aromatic nitrogens is 3. The van der Waals surface area contributed by atoms with Crippen LogP contribution >= 0.6 is 0 Å². The predicted octanol–water partition coefficient (Wildman–Crippen LogP) is 3.23. The molecule has 1 aliphatic heterocycles. The number of nitrogens with one attached hydrogen (secondary N) is 1. The quantitative estimate of drug-likeness (QED) is 0.553. The molecule has 0 atom stereocenters. The summed E-state index contributed by atoms with van der Waals surface area (Å²) in [5.41, 5.74) is 3.68. The standard InChI is InChI=1S/C23H26FN5O/c24-20-11-9-18(10-12-20)17-29-26-21(23(27-29)19-6-2-1-3-7-19)16-25-13-5-15-28-14-4-8-22(28)30/h1-3,6-7,9-12,25H,4-5,8,13-17H2. The number of halogens is 1. The molecular weight excluding hydrogens is 381 g/mol. The number of nitrogens with zero attached hydrogens (tertiary/aromatic N) is 4. The van der Waals surface area contributed by atoms with Crippen molar-refractivity contribution in [3.8, 4) is 11.3 Å². The average Bonchev–Trinajstić information content (AvgIpc) is 3.36. The lowest BCUT2D eigenvalue weighted by atomic mass is 10.1. The molecule has 1 aromatic heterocycles. The number of benzene rings is 2. The van der Waals surface area contributed by atoms with E-state index in [1.54, 1.807) is 16.9 Å². The van der Waals surface area contributed by atoms with Gasteiger partial charge in [0.2, 0.25) is 5.91 Å². The molecule has 3 aromatic rings. The van der Waals surface area contributed by atoms with Crippen molar-refractivity contribution in [1.82, 2.24) is 25.2 Å². The minimum atomic E-state index is -0.252. The van der Waals surface area contributed by atoms with E-state index in [1.807, 2.05) is 35.2 Å². The van der Waals surface area contributed by atoms with E-state index in [4.69, 9.17) is 0 Å². The van der Waals surface area contributed by atoms with E-state index < -0.39 is 0 Å². The second-order valence-corrected chi connectivity index (χ2v) is 7.53. The summed E-state index contributed by atoms with van der Waals surface area (Å²) in [7, 11) is 0. The van der Waals surface area contributed by atoms with Gasteiger partial charge in [-0.1, -0.05) is 42.5 Å². The summed E-state index contributed by atoms with van der Waals surface area (Å²) >= 11 is 0. The highest BCUT2D eigenvalue weighted by Crippen LogP contribution is 2.20. The summed E-state index contributed by atoms with van der Waals surface area (Å²) in [5, 5.41) is 12.8. The third-order valence-corrected chi connectivity index (χ3v) is 5.25. The van der Waals surface area contributed by atoms with Crippen LogP contribution in [-0.4, -0.2) is 45.4 Å². The van der Waals surface area contributed by atoms with Gasteiger partial charge in [-0.15, -0.1) is 0 Å². The lowest BCUT2D eigenvalue weighted by Gasteiger charge is -2.15. The molecule has 0 saturated carbocycles. The van der Waals surface area contributed by atoms with Crippen molar-refractivity contribution < 1.29 is 9.18 Å². The first-order chi connectivity index (χ1) is 14.7. The van der Waals surface area contributed by atoms with Gasteiger partial charge < -0.3 is 10.2 Å². The Bertz CT molecular complexity index is 971. The topological polar surface area (TPSA) is 63.1 Å². The smallest absolute Gasteiger partial charge is 0.222 e. The number of carbonyl (C=O) groups is 1. The largest absolute Gasteiger partial charge is 0.343 e. The van der Waals surface area contributed by atoms with Crippen LogP contribution in [0.2, 0.25) is 0 Å². The number of hydrogen-bond acceptors (Lipinski definition) is 4. The van der Waals surface area contributed by atoms with Gasteiger partial charge in [0.25, 0.3) is 0 Å². The van der Waals surface area contributed by atoms with Crippen LogP contribution < -0.4 is 5.32 Å². The van der Waals surface area contributed by atoms with Gasteiger partial charge in [-0.05, 0) is 37.1 Å². The zero-order valence-corrected chi connectivity index (χ0v) is 16.9. The summed E-state index contributed by atoms with van der Waals surface area (Å²) in [6.45, 7) is 3.57. The third kappa shape index (κ3) is 5.10. The Balaban J connectivity index is 1.40. The number of amides is 1. The molecule has 30 heavy (non-hydrogen) atoms. The Morgan fingerprint density at radius 3 is 2.57 bits per heavy atom. The lowest BCUT2D eigenvalue weighted by Crippen LogP contribution is -2.28. The zero-order valence-electron chi connectivity index (χ0n) is 16.9. The van der Waals surface area contributed by atoms with Crippen LogP contribution in [0.5, 0.6) is 0 Å². The van der Waals surface area contributed by atoms with Crippen LogP contribution in [0.15, 0.2) is 54.6 Å². The number of hydrogen-bond donors (Lipinski definition) is 1. The average molecular weight is 407 g/mol. The summed E-state index contributed by atoms with van der Waals surface area (Å²) in [4.78, 5) is 15.3. The normalized spacial score (nSPS) is 13.9. The Morgan fingerprint density at radius 1 is 1.03 bits per heavy atom. The second-order valence-electron chi connectivity index (χ2n) is 7.53. The molecule has 0 spiro atoms. The third-order valence-electron chi connectivity index (χ3n) is 5.25. The Hall–Kier alpha value is -3.06. The first-order valence-corrected chi connectivity index (χ1v) is 10.4. The van der Waals surface area contributed by atoms with Gasteiger partial charge in [0.05, 0.1) is 6.54 Å². The van der Waals surface area contributed by atoms with E-state index in [-0.39, 0.29) is 11.7 Å². The number of carbonyl (C=O) groups excluding carboxylic acids is 1. The van der Waals surface area contributed by atoms with Gasteiger partial charge in [-0.3, -0.25) is 4.79 Å². The molecule has 0 aliphatic carbocycles. The first-order valence-electron chi connectivity index (χ1n) is 10.4. The lowest BCUT2D eigenvalue weighted by molar-refractivity contribution is -0.127. The van der Waals surface area contributed by atoms with E-state index in [2.05, 4.69) is 15.5 Å². The zero-order chi connectivity index (χ0) is 20.8. The van der Waals surface area contributed by atoms with E-state index in [1.165, 1.54) is 12.1 Å². The van der Waals surface area contributed by atoms with Crippen molar-refractivity contribution in [2.45, 2.75) is 32.4 Å². The summed E-state index contributed by atoms with van der Waals surface area (Å²) in [5.74, 6) is 0.0165. The monoisotopic (exact) mass is 407 g/mol. The molecule has 6 nitrogen and oxygen atoms in total. The molecule has 1 N–H and O–H groups in total. The Morgan fingerprint density at radius 2 is 1.83 bits per heavy atom. The molecule has 7 heteroatoms. The summed E-state index contributed by atoms with van der Waals surface area (Å²) < 4.78 is 13.2. The highest BCUT2D eigenvalue weighted by Gasteiger charge is 2.19. The molecule has 2 aromatic carbocycles. The fourth-order valence-corrected chi connectivity index (χ4v) is 3.69. The first kappa shape index (κ1) is 20.2. The highest BCUT2D eigenvalue weighted by molar-refractivity contribution is 5.78. The molecule has 1 amide bonds. The van der Waals surface area contributed by atoms with Crippen LogP contribution in [0.25, 0.3) is 11.3 Å². The molecule has 0 radical (unpaired) electrons. The number of rotatable bonds is 9. The van der Waals surface area contributed by atoms with Crippen molar-refractivity contribution in [2.75, 3.05) is 19.6 Å². The van der Waals surface area contributed by atoms with Crippen LogP contribution in [-0.2, 0) is 17.9 Å². The molecular formula is C23H26FN5O. The summed E-state index contributed by atoms with van der Waals surface area (Å²) in [6, 6.07) is 16.4. The van der Waals surface area contributed by atoms with Crippen molar-refractivity contribution >= 4 is 5.91 Å². The molecule has 2 heterocycles. The van der Waals surface area contributed by atoms with Crippen LogP contribution in [0.3, 0.4) is 0 Å². The van der Waals surface area contributed by atoms with Gasteiger partial charge in [-0.2, -0.15) is 15.0 Å². The predicted molar refractivity (Wildman–Crippen MR) is 113 cm³/mol. The minimum absolute atomic E-state index is 0.252. The van der Waals surface area contributed by atoms with Gasteiger partial charge in [-0.25, -0.2) is 4.39 Å². The molecule has 0 unspecified atom stereocenters. The minimum Gasteiger partial charge on any atom is -0.343 e. The molecule has 1 aliphatic rings. The molecule has 1 saturated heterocycles. The molecule has 0 bridgehead atoms. The van der Waals surface area contributed by atoms with Crippen molar-refractivity contribution in [1.29, 1.82) is 0 Å². The van der Waals surface area contributed by atoms with E-state index in [0.717, 1.165) is 55.0 Å². The Labute approximate surface area is 175 Å². The van der Waals surface area contributed by atoms with Gasteiger partial charge in [0, 0.05) is 31.6 Å². The fourth-order valence-electron chi connectivity index (χ4n) is 3.69. The second kappa shape index (κ2) is 9.63. The van der Waals surface area contributed by atoms with Gasteiger partial charge in [0.1, 0.15) is 17.2 Å². The molecule has 156 valence electrons. The molecule has 1 fully saturated rings. The SMILES string of the molecule is O=C1CCCN1CCCNCc1nn(Cc2ccc(F)cc2)nc1-c1ccccc1.